The number of para-hydroxylation sites is 1. The molecule has 1 fully saturated rings. The molecule has 0 spiro atoms. The molecule has 26 heavy (non-hydrogen) atoms. The first-order valence-electron chi connectivity index (χ1n) is 8.50. The fraction of sp³-hybridized carbons (Fsp3) is 0.368. The Morgan fingerprint density at radius 2 is 2.12 bits per heavy atom. The van der Waals surface area contributed by atoms with Gasteiger partial charge in [-0.25, -0.2) is 9.98 Å². The lowest BCUT2D eigenvalue weighted by atomic mass is 9.96. The summed E-state index contributed by atoms with van der Waals surface area (Å²) in [6.07, 6.45) is 5.52. The van der Waals surface area contributed by atoms with Gasteiger partial charge in [-0.15, -0.1) is 24.0 Å². The number of halogens is 1. The van der Waals surface area contributed by atoms with Gasteiger partial charge in [0.15, 0.2) is 5.96 Å². The molecule has 3 rings (SSSR count). The largest absolute Gasteiger partial charge is 0.474 e. The number of rotatable bonds is 7. The molecule has 1 aliphatic rings. The van der Waals surface area contributed by atoms with Crippen molar-refractivity contribution >= 4 is 35.6 Å². The van der Waals surface area contributed by atoms with Crippen molar-refractivity contribution in [1.29, 1.82) is 0 Å². The van der Waals surface area contributed by atoms with Crippen LogP contribution in [0.1, 0.15) is 30.4 Å². The number of aromatic nitrogens is 1. The lowest BCUT2D eigenvalue weighted by molar-refractivity contribution is 0.114. The number of hydrogen-bond acceptors (Lipinski definition) is 4. The summed E-state index contributed by atoms with van der Waals surface area (Å²) in [6, 6.07) is 11.7. The average Bonchev–Trinajstić information content (AvgIpc) is 2.59. The van der Waals surface area contributed by atoms with Gasteiger partial charge in [0.05, 0.1) is 13.2 Å². The van der Waals surface area contributed by atoms with E-state index < -0.39 is 0 Å². The summed E-state index contributed by atoms with van der Waals surface area (Å²) >= 11 is 0. The summed E-state index contributed by atoms with van der Waals surface area (Å²) in [5, 5.41) is 3.13. The molecule has 1 aromatic heterocycles. The summed E-state index contributed by atoms with van der Waals surface area (Å²) in [4.78, 5) is 8.66. The number of nitrogens with two attached hydrogens (primary N) is 1. The van der Waals surface area contributed by atoms with Crippen LogP contribution < -0.4 is 15.8 Å². The third kappa shape index (κ3) is 5.84. The van der Waals surface area contributed by atoms with E-state index in [0.29, 0.717) is 31.1 Å². The van der Waals surface area contributed by atoms with E-state index in [1.165, 1.54) is 6.42 Å². The minimum absolute atomic E-state index is 0. The third-order valence-corrected chi connectivity index (χ3v) is 4.15. The van der Waals surface area contributed by atoms with E-state index >= 15 is 0 Å². The lowest BCUT2D eigenvalue weighted by Gasteiger charge is -2.25. The molecule has 3 N–H and O–H groups in total. The van der Waals surface area contributed by atoms with Gasteiger partial charge in [0, 0.05) is 30.6 Å². The van der Waals surface area contributed by atoms with Crippen molar-refractivity contribution in [1.82, 2.24) is 4.98 Å². The highest BCUT2D eigenvalue weighted by atomic mass is 127. The van der Waals surface area contributed by atoms with Crippen LogP contribution in [0.5, 0.6) is 5.88 Å². The van der Waals surface area contributed by atoms with E-state index in [9.17, 15) is 0 Å². The Bertz CT molecular complexity index is 735. The molecule has 0 bridgehead atoms. The van der Waals surface area contributed by atoms with Crippen LogP contribution in [-0.2, 0) is 17.9 Å². The molecule has 0 atom stereocenters. The molecule has 1 saturated carbocycles. The van der Waals surface area contributed by atoms with Crippen LogP contribution >= 0.6 is 24.0 Å². The van der Waals surface area contributed by atoms with Crippen LogP contribution in [0.2, 0.25) is 0 Å². The fourth-order valence-electron chi connectivity index (χ4n) is 2.55. The van der Waals surface area contributed by atoms with Crippen molar-refractivity contribution in [2.24, 2.45) is 10.7 Å². The quantitative estimate of drug-likeness (QED) is 0.368. The van der Waals surface area contributed by atoms with Gasteiger partial charge >= 0.3 is 0 Å². The van der Waals surface area contributed by atoms with E-state index in [0.717, 1.165) is 29.7 Å². The summed E-state index contributed by atoms with van der Waals surface area (Å²) in [5.74, 6) is 1.02. The fourth-order valence-corrected chi connectivity index (χ4v) is 2.55. The number of benzene rings is 1. The van der Waals surface area contributed by atoms with E-state index in [1.807, 2.05) is 36.4 Å². The molecule has 1 aromatic carbocycles. The monoisotopic (exact) mass is 468 g/mol. The molecular weight excluding hydrogens is 443 g/mol. The highest BCUT2D eigenvalue weighted by molar-refractivity contribution is 14.0. The first-order valence-corrected chi connectivity index (χ1v) is 8.50. The maximum Gasteiger partial charge on any atom is 0.213 e. The number of nitrogens with zero attached hydrogens (tertiary/aromatic N) is 2. The highest BCUT2D eigenvalue weighted by Gasteiger charge is 2.19. The molecular formula is C19H25IN4O2. The number of nitrogens with one attached hydrogen (secondary N) is 1. The summed E-state index contributed by atoms with van der Waals surface area (Å²) in [6.45, 7) is 0.984. The van der Waals surface area contributed by atoms with Crippen molar-refractivity contribution in [3.63, 3.8) is 0 Å². The molecule has 6 nitrogen and oxygen atoms in total. The predicted molar refractivity (Wildman–Crippen MR) is 114 cm³/mol. The normalized spacial score (nSPS) is 14.3. The molecule has 0 unspecified atom stereocenters. The van der Waals surface area contributed by atoms with Crippen molar-refractivity contribution in [3.8, 4) is 5.88 Å². The van der Waals surface area contributed by atoms with Gasteiger partial charge in [0.1, 0.15) is 6.10 Å². The van der Waals surface area contributed by atoms with E-state index in [1.54, 1.807) is 13.3 Å². The number of pyridine rings is 1. The molecule has 0 radical (unpaired) electrons. The van der Waals surface area contributed by atoms with E-state index in [4.69, 9.17) is 15.2 Å². The van der Waals surface area contributed by atoms with Gasteiger partial charge in [0.2, 0.25) is 5.88 Å². The Morgan fingerprint density at radius 3 is 2.85 bits per heavy atom. The lowest BCUT2D eigenvalue weighted by Crippen LogP contribution is -2.25. The van der Waals surface area contributed by atoms with Crippen LogP contribution in [0.3, 0.4) is 0 Å². The Kier molecular flexibility index (Phi) is 8.11. The van der Waals surface area contributed by atoms with Crippen LogP contribution in [-0.4, -0.2) is 24.2 Å². The molecule has 2 aromatic rings. The zero-order valence-electron chi connectivity index (χ0n) is 14.9. The summed E-state index contributed by atoms with van der Waals surface area (Å²) in [5.41, 5.74) is 8.96. The molecule has 1 aliphatic carbocycles. The number of aliphatic imine (C=N–C) groups is 1. The van der Waals surface area contributed by atoms with Crippen molar-refractivity contribution < 1.29 is 9.47 Å². The maximum atomic E-state index is 6.02. The van der Waals surface area contributed by atoms with Crippen molar-refractivity contribution in [2.75, 3.05) is 12.4 Å². The number of ether oxygens (including phenoxy) is 2. The second kappa shape index (κ2) is 10.3. The standard InChI is InChI=1S/C19H24N4O2.HI/c1-24-13-15-5-2-3-8-17(15)23-19(20)22-12-14-9-10-21-18(11-14)25-16-6-4-7-16;/h2-3,5,8-11,16H,4,6-7,12-13H2,1H3,(H3,20,22,23);1H. The summed E-state index contributed by atoms with van der Waals surface area (Å²) in [7, 11) is 1.67. The topological polar surface area (TPSA) is 81.8 Å². The molecule has 0 amide bonds. The number of methoxy groups -OCH3 is 1. The predicted octanol–water partition coefficient (Wildman–Crippen LogP) is 3.70. The second-order valence-electron chi connectivity index (χ2n) is 6.09. The van der Waals surface area contributed by atoms with Gasteiger partial charge < -0.3 is 20.5 Å². The van der Waals surface area contributed by atoms with Crippen LogP contribution in [0.4, 0.5) is 5.69 Å². The Morgan fingerprint density at radius 1 is 1.31 bits per heavy atom. The first kappa shape index (κ1) is 20.4. The van der Waals surface area contributed by atoms with Gasteiger partial charge in [-0.1, -0.05) is 18.2 Å². The van der Waals surface area contributed by atoms with E-state index in [2.05, 4.69) is 15.3 Å². The highest BCUT2D eigenvalue weighted by Crippen LogP contribution is 2.24. The van der Waals surface area contributed by atoms with Gasteiger partial charge in [-0.05, 0) is 37.0 Å². The molecule has 1 heterocycles. The molecule has 7 heteroatoms. The van der Waals surface area contributed by atoms with Crippen molar-refractivity contribution in [2.45, 2.75) is 38.5 Å². The second-order valence-corrected chi connectivity index (χ2v) is 6.09. The Labute approximate surface area is 171 Å². The van der Waals surface area contributed by atoms with E-state index in [-0.39, 0.29) is 24.0 Å². The maximum absolute atomic E-state index is 6.02. The Balaban J connectivity index is 0.00000243. The van der Waals surface area contributed by atoms with Crippen molar-refractivity contribution in [3.05, 3.63) is 53.7 Å². The molecule has 0 aliphatic heterocycles. The SMILES string of the molecule is COCc1ccccc1NC(N)=NCc1ccnc(OC2CCC2)c1.I. The van der Waals surface area contributed by atoms with Crippen LogP contribution in [0.25, 0.3) is 0 Å². The summed E-state index contributed by atoms with van der Waals surface area (Å²) < 4.78 is 11.0. The molecule has 0 saturated heterocycles. The van der Waals surface area contributed by atoms with Crippen LogP contribution in [0.15, 0.2) is 47.6 Å². The van der Waals surface area contributed by atoms with Gasteiger partial charge in [0.25, 0.3) is 0 Å². The average molecular weight is 468 g/mol. The zero-order valence-corrected chi connectivity index (χ0v) is 17.2. The number of anilines is 1. The number of guanidine groups is 1. The molecule has 140 valence electrons. The van der Waals surface area contributed by atoms with Gasteiger partial charge in [-0.2, -0.15) is 0 Å². The Hall–Kier alpha value is -1.87. The van der Waals surface area contributed by atoms with Crippen LogP contribution in [0, 0.1) is 0 Å². The number of hydrogen-bond donors (Lipinski definition) is 2. The third-order valence-electron chi connectivity index (χ3n) is 4.15. The minimum Gasteiger partial charge on any atom is -0.474 e. The smallest absolute Gasteiger partial charge is 0.213 e. The zero-order chi connectivity index (χ0) is 17.5. The minimum atomic E-state index is 0. The van der Waals surface area contributed by atoms with Gasteiger partial charge in [-0.3, -0.25) is 0 Å². The first-order chi connectivity index (χ1) is 12.2.